The first-order valence-electron chi connectivity index (χ1n) is 8.31. The SMILES string of the molecule is O=C(c1ccc(OCc2cscn2)cc1)N1CCCc2ccccc21. The summed E-state index contributed by atoms with van der Waals surface area (Å²) in [5.74, 6) is 0.779. The van der Waals surface area contributed by atoms with Crippen molar-refractivity contribution in [1.29, 1.82) is 0 Å². The predicted octanol–water partition coefficient (Wildman–Crippen LogP) is 4.32. The molecular formula is C20H18N2O2S. The van der Waals surface area contributed by atoms with E-state index in [9.17, 15) is 4.79 Å². The van der Waals surface area contributed by atoms with Crippen molar-refractivity contribution >= 4 is 22.9 Å². The number of anilines is 1. The van der Waals surface area contributed by atoms with Crippen molar-refractivity contribution in [3.8, 4) is 5.75 Å². The van der Waals surface area contributed by atoms with Crippen LogP contribution in [0.1, 0.15) is 28.0 Å². The van der Waals surface area contributed by atoms with Gasteiger partial charge in [-0.05, 0) is 48.7 Å². The minimum absolute atomic E-state index is 0.0400. The van der Waals surface area contributed by atoms with Gasteiger partial charge in [-0.15, -0.1) is 11.3 Å². The third-order valence-corrected chi connectivity index (χ3v) is 4.96. The number of rotatable bonds is 4. The highest BCUT2D eigenvalue weighted by molar-refractivity contribution is 7.07. The summed E-state index contributed by atoms with van der Waals surface area (Å²) in [5.41, 5.74) is 5.65. The van der Waals surface area contributed by atoms with Crippen LogP contribution in [0.15, 0.2) is 59.4 Å². The molecule has 0 aliphatic carbocycles. The van der Waals surface area contributed by atoms with Crippen LogP contribution >= 0.6 is 11.3 Å². The van der Waals surface area contributed by atoms with E-state index in [4.69, 9.17) is 4.74 Å². The molecule has 2 aromatic carbocycles. The molecule has 1 amide bonds. The maximum atomic E-state index is 12.9. The lowest BCUT2D eigenvalue weighted by Gasteiger charge is -2.29. The summed E-state index contributed by atoms with van der Waals surface area (Å²) in [6, 6.07) is 15.5. The van der Waals surface area contributed by atoms with Crippen molar-refractivity contribution in [2.24, 2.45) is 0 Å². The standard InChI is InChI=1S/C20H18N2O2S/c23-20(22-11-3-5-15-4-1-2-6-19(15)22)16-7-9-18(10-8-16)24-12-17-13-25-14-21-17/h1-2,4,6-10,13-14H,3,5,11-12H2. The van der Waals surface area contributed by atoms with Gasteiger partial charge in [0.15, 0.2) is 0 Å². The number of para-hydroxylation sites is 1. The van der Waals surface area contributed by atoms with Crippen molar-refractivity contribution in [3.05, 3.63) is 76.2 Å². The van der Waals surface area contributed by atoms with Crippen LogP contribution < -0.4 is 9.64 Å². The van der Waals surface area contributed by atoms with Crippen LogP contribution in [0.3, 0.4) is 0 Å². The zero-order valence-electron chi connectivity index (χ0n) is 13.7. The van der Waals surface area contributed by atoms with Crippen LogP contribution in [-0.2, 0) is 13.0 Å². The van der Waals surface area contributed by atoms with Gasteiger partial charge in [-0.3, -0.25) is 4.79 Å². The minimum Gasteiger partial charge on any atom is -0.487 e. The number of hydrogen-bond donors (Lipinski definition) is 0. The quantitative estimate of drug-likeness (QED) is 0.704. The topological polar surface area (TPSA) is 42.4 Å². The van der Waals surface area contributed by atoms with E-state index in [0.717, 1.165) is 36.5 Å². The summed E-state index contributed by atoms with van der Waals surface area (Å²) >= 11 is 1.55. The minimum atomic E-state index is 0.0400. The molecule has 0 saturated carbocycles. The Kier molecular flexibility index (Phi) is 4.48. The van der Waals surface area contributed by atoms with Crippen molar-refractivity contribution < 1.29 is 9.53 Å². The van der Waals surface area contributed by atoms with E-state index >= 15 is 0 Å². The van der Waals surface area contributed by atoms with Crippen molar-refractivity contribution in [2.45, 2.75) is 19.4 Å². The molecular weight excluding hydrogens is 332 g/mol. The molecule has 0 bridgehead atoms. The summed E-state index contributed by atoms with van der Waals surface area (Å²) in [6.07, 6.45) is 2.03. The van der Waals surface area contributed by atoms with Gasteiger partial charge >= 0.3 is 0 Å². The Labute approximate surface area is 150 Å². The van der Waals surface area contributed by atoms with Crippen LogP contribution in [-0.4, -0.2) is 17.4 Å². The van der Waals surface area contributed by atoms with Crippen LogP contribution in [0.5, 0.6) is 5.75 Å². The Balaban J connectivity index is 1.48. The van der Waals surface area contributed by atoms with Crippen LogP contribution in [0.4, 0.5) is 5.69 Å². The highest BCUT2D eigenvalue weighted by Gasteiger charge is 2.23. The number of aryl methyl sites for hydroxylation is 1. The molecule has 126 valence electrons. The van der Waals surface area contributed by atoms with E-state index in [2.05, 4.69) is 11.1 Å². The Morgan fingerprint density at radius 3 is 2.80 bits per heavy atom. The maximum absolute atomic E-state index is 12.9. The van der Waals surface area contributed by atoms with E-state index in [1.807, 2.05) is 52.7 Å². The molecule has 25 heavy (non-hydrogen) atoms. The third-order valence-electron chi connectivity index (χ3n) is 4.33. The first-order valence-corrected chi connectivity index (χ1v) is 9.25. The fraction of sp³-hybridized carbons (Fsp3) is 0.200. The van der Waals surface area contributed by atoms with E-state index in [1.54, 1.807) is 16.8 Å². The molecule has 0 radical (unpaired) electrons. The van der Waals surface area contributed by atoms with Gasteiger partial charge in [0.2, 0.25) is 0 Å². The lowest BCUT2D eigenvalue weighted by Crippen LogP contribution is -2.35. The normalized spacial score (nSPS) is 13.4. The second-order valence-electron chi connectivity index (χ2n) is 5.98. The molecule has 0 unspecified atom stereocenters. The zero-order valence-corrected chi connectivity index (χ0v) is 14.5. The molecule has 0 fully saturated rings. The summed E-state index contributed by atoms with van der Waals surface area (Å²) in [5, 5.41) is 1.96. The molecule has 2 heterocycles. The van der Waals surface area contributed by atoms with E-state index < -0.39 is 0 Å². The van der Waals surface area contributed by atoms with E-state index in [-0.39, 0.29) is 5.91 Å². The van der Waals surface area contributed by atoms with Gasteiger partial charge in [0, 0.05) is 23.2 Å². The highest BCUT2D eigenvalue weighted by Crippen LogP contribution is 2.28. The number of thiazole rings is 1. The molecule has 3 aromatic rings. The van der Waals surface area contributed by atoms with Crippen molar-refractivity contribution in [2.75, 3.05) is 11.4 Å². The third kappa shape index (κ3) is 3.42. The molecule has 0 saturated heterocycles. The van der Waals surface area contributed by atoms with Crippen LogP contribution in [0.25, 0.3) is 0 Å². The molecule has 1 aliphatic rings. The molecule has 5 heteroatoms. The Morgan fingerprint density at radius 1 is 1.16 bits per heavy atom. The molecule has 0 N–H and O–H groups in total. The molecule has 4 nitrogen and oxygen atoms in total. The molecule has 0 atom stereocenters. The van der Waals surface area contributed by atoms with Gasteiger partial charge in [-0.2, -0.15) is 0 Å². The Morgan fingerprint density at radius 2 is 2.00 bits per heavy atom. The number of benzene rings is 2. The summed E-state index contributed by atoms with van der Waals surface area (Å²) < 4.78 is 5.71. The summed E-state index contributed by atoms with van der Waals surface area (Å²) in [7, 11) is 0. The second kappa shape index (κ2) is 7.07. The number of amides is 1. The largest absolute Gasteiger partial charge is 0.487 e. The smallest absolute Gasteiger partial charge is 0.258 e. The van der Waals surface area contributed by atoms with Gasteiger partial charge < -0.3 is 9.64 Å². The number of ether oxygens (including phenoxy) is 1. The number of carbonyl (C=O) groups excluding carboxylic acids is 1. The van der Waals surface area contributed by atoms with Crippen molar-refractivity contribution in [3.63, 3.8) is 0 Å². The molecule has 4 rings (SSSR count). The van der Waals surface area contributed by atoms with Crippen LogP contribution in [0, 0.1) is 0 Å². The van der Waals surface area contributed by atoms with E-state index in [1.165, 1.54) is 5.56 Å². The number of nitrogens with zero attached hydrogens (tertiary/aromatic N) is 2. The monoisotopic (exact) mass is 350 g/mol. The summed E-state index contributed by atoms with van der Waals surface area (Å²) in [6.45, 7) is 1.20. The molecule has 0 spiro atoms. The highest BCUT2D eigenvalue weighted by atomic mass is 32.1. The molecule has 1 aliphatic heterocycles. The first kappa shape index (κ1) is 15.8. The Hall–Kier alpha value is -2.66. The van der Waals surface area contributed by atoms with Gasteiger partial charge in [0.05, 0.1) is 11.2 Å². The van der Waals surface area contributed by atoms with E-state index in [0.29, 0.717) is 12.2 Å². The average Bonchev–Trinajstić information content (AvgIpc) is 3.19. The fourth-order valence-electron chi connectivity index (χ4n) is 3.06. The van der Waals surface area contributed by atoms with Crippen LogP contribution in [0.2, 0.25) is 0 Å². The van der Waals surface area contributed by atoms with Gasteiger partial charge in [0.1, 0.15) is 12.4 Å². The number of aromatic nitrogens is 1. The lowest BCUT2D eigenvalue weighted by atomic mass is 10.0. The summed E-state index contributed by atoms with van der Waals surface area (Å²) in [4.78, 5) is 19.0. The van der Waals surface area contributed by atoms with Gasteiger partial charge in [-0.1, -0.05) is 18.2 Å². The predicted molar refractivity (Wildman–Crippen MR) is 99.3 cm³/mol. The number of fused-ring (bicyclic) bond motifs is 1. The Bertz CT molecular complexity index is 860. The molecule has 1 aromatic heterocycles. The maximum Gasteiger partial charge on any atom is 0.258 e. The van der Waals surface area contributed by atoms with Gasteiger partial charge in [0.25, 0.3) is 5.91 Å². The second-order valence-corrected chi connectivity index (χ2v) is 6.70. The van der Waals surface area contributed by atoms with Crippen molar-refractivity contribution in [1.82, 2.24) is 4.98 Å². The fourth-order valence-corrected chi connectivity index (χ4v) is 3.60. The zero-order chi connectivity index (χ0) is 17.1. The lowest BCUT2D eigenvalue weighted by molar-refractivity contribution is 0.0985. The first-order chi connectivity index (χ1) is 12.3. The average molecular weight is 350 g/mol. The number of carbonyl (C=O) groups is 1. The number of hydrogen-bond acceptors (Lipinski definition) is 4. The van der Waals surface area contributed by atoms with Gasteiger partial charge in [-0.25, -0.2) is 4.98 Å².